The van der Waals surface area contributed by atoms with Gasteiger partial charge in [-0.3, -0.25) is 14.5 Å². The number of halogens is 4. The second-order valence-electron chi connectivity index (χ2n) is 14.2. The molecule has 10 nitrogen and oxygen atoms in total. The van der Waals surface area contributed by atoms with Crippen LogP contribution in [0, 0.1) is 5.92 Å². The molecule has 14 heteroatoms. The van der Waals surface area contributed by atoms with Gasteiger partial charge in [0.1, 0.15) is 0 Å². The van der Waals surface area contributed by atoms with E-state index in [1.54, 1.807) is 9.80 Å². The van der Waals surface area contributed by atoms with Gasteiger partial charge < -0.3 is 30.5 Å². The summed E-state index contributed by atoms with van der Waals surface area (Å²) in [4.78, 5) is 48.7. The van der Waals surface area contributed by atoms with Crippen molar-refractivity contribution >= 4 is 40.8 Å². The van der Waals surface area contributed by atoms with Crippen molar-refractivity contribution in [3.63, 3.8) is 0 Å². The predicted octanol–water partition coefficient (Wildman–Crippen LogP) is 5.28. The van der Waals surface area contributed by atoms with Crippen molar-refractivity contribution in [2.45, 2.75) is 69.6 Å². The number of nitrogens with one attached hydrogen (secondary N) is 1. The number of amides is 4. The van der Waals surface area contributed by atoms with E-state index >= 15 is 0 Å². The first kappa shape index (κ1) is 36.2. The molecule has 272 valence electrons. The fourth-order valence-corrected chi connectivity index (χ4v) is 8.16. The molecular formula is C36H46ClF3N6O4. The number of hydrogen-bond donors (Lipinski definition) is 2. The average Bonchev–Trinajstić information content (AvgIpc) is 3.27. The maximum atomic E-state index is 14.1. The van der Waals surface area contributed by atoms with Crippen molar-refractivity contribution in [3.8, 4) is 0 Å². The molecule has 0 aliphatic carbocycles. The van der Waals surface area contributed by atoms with Crippen LogP contribution in [0.4, 0.5) is 29.3 Å². The quantitative estimate of drug-likeness (QED) is 0.377. The summed E-state index contributed by atoms with van der Waals surface area (Å²) in [5, 5.41) is 2.77. The Balaban J connectivity index is 1.13. The molecule has 0 aromatic heterocycles. The van der Waals surface area contributed by atoms with Crippen molar-refractivity contribution in [1.29, 1.82) is 0 Å². The molecule has 6 rings (SSSR count). The number of ether oxygens (including phenoxy) is 1. The van der Waals surface area contributed by atoms with E-state index in [4.69, 9.17) is 22.1 Å². The lowest BCUT2D eigenvalue weighted by Gasteiger charge is -2.48. The number of fused-ring (bicyclic) bond motifs is 1. The Morgan fingerprint density at radius 1 is 1.02 bits per heavy atom. The molecule has 50 heavy (non-hydrogen) atoms. The third kappa shape index (κ3) is 8.00. The van der Waals surface area contributed by atoms with E-state index in [2.05, 4.69) is 17.1 Å². The molecule has 0 radical (unpaired) electrons. The largest absolute Gasteiger partial charge is 0.418 e. The van der Waals surface area contributed by atoms with Crippen LogP contribution in [0.25, 0.3) is 0 Å². The van der Waals surface area contributed by atoms with Gasteiger partial charge in [0.2, 0.25) is 11.8 Å². The van der Waals surface area contributed by atoms with Crippen LogP contribution in [-0.2, 0) is 33.3 Å². The summed E-state index contributed by atoms with van der Waals surface area (Å²) in [5.74, 6) is -1.38. The molecule has 2 aromatic rings. The molecule has 3 fully saturated rings. The fourth-order valence-electron chi connectivity index (χ4n) is 7.91. The molecule has 4 amide bonds. The van der Waals surface area contributed by atoms with Crippen molar-refractivity contribution in [1.82, 2.24) is 19.6 Å². The number of likely N-dealkylation sites (tertiary alicyclic amines) is 1. The molecule has 0 spiro atoms. The molecule has 4 aliphatic heterocycles. The van der Waals surface area contributed by atoms with Crippen LogP contribution in [-0.4, -0.2) is 108 Å². The van der Waals surface area contributed by atoms with Crippen molar-refractivity contribution in [3.05, 3.63) is 58.1 Å². The summed E-state index contributed by atoms with van der Waals surface area (Å²) in [7, 11) is 0. The molecular weight excluding hydrogens is 673 g/mol. The van der Waals surface area contributed by atoms with Gasteiger partial charge in [-0.1, -0.05) is 29.8 Å². The summed E-state index contributed by atoms with van der Waals surface area (Å²) in [6.45, 7) is 7.26. The van der Waals surface area contributed by atoms with E-state index in [1.807, 2.05) is 29.2 Å². The molecule has 0 unspecified atom stereocenters. The van der Waals surface area contributed by atoms with Gasteiger partial charge >= 0.3 is 12.2 Å². The first-order chi connectivity index (χ1) is 23.8. The van der Waals surface area contributed by atoms with Crippen LogP contribution in [0.15, 0.2) is 36.4 Å². The molecule has 4 heterocycles. The van der Waals surface area contributed by atoms with E-state index in [-0.39, 0.29) is 52.9 Å². The van der Waals surface area contributed by atoms with Crippen molar-refractivity contribution in [2.24, 2.45) is 5.92 Å². The second kappa shape index (κ2) is 15.0. The number of piperazine rings is 1. The van der Waals surface area contributed by atoms with E-state index < -0.39 is 23.3 Å². The number of rotatable bonds is 7. The number of nitrogens with two attached hydrogens (primary N) is 1. The Morgan fingerprint density at radius 3 is 2.38 bits per heavy atom. The van der Waals surface area contributed by atoms with Crippen LogP contribution in [0.1, 0.15) is 55.7 Å². The van der Waals surface area contributed by atoms with Gasteiger partial charge in [-0.2, -0.15) is 13.2 Å². The third-order valence-electron chi connectivity index (χ3n) is 11.1. The Bertz CT molecular complexity index is 1570. The zero-order valence-electron chi connectivity index (χ0n) is 28.4. The highest BCUT2D eigenvalue weighted by atomic mass is 35.5. The monoisotopic (exact) mass is 718 g/mol. The van der Waals surface area contributed by atoms with E-state index in [1.165, 1.54) is 6.07 Å². The lowest BCUT2D eigenvalue weighted by molar-refractivity contribution is -0.144. The second-order valence-corrected chi connectivity index (χ2v) is 14.6. The Morgan fingerprint density at radius 2 is 1.70 bits per heavy atom. The van der Waals surface area contributed by atoms with Gasteiger partial charge in [-0.25, -0.2) is 4.79 Å². The molecule has 0 saturated carbocycles. The zero-order valence-corrected chi connectivity index (χ0v) is 29.2. The van der Waals surface area contributed by atoms with Gasteiger partial charge in [-0.15, -0.1) is 0 Å². The minimum atomic E-state index is -4.73. The smallest absolute Gasteiger partial charge is 0.397 e. The predicted molar refractivity (Wildman–Crippen MR) is 185 cm³/mol. The minimum Gasteiger partial charge on any atom is -0.397 e. The van der Waals surface area contributed by atoms with Crippen LogP contribution in [0.5, 0.6) is 0 Å². The molecule has 1 atom stereocenters. The molecule has 2 aromatic carbocycles. The maximum absolute atomic E-state index is 14.1. The van der Waals surface area contributed by atoms with Gasteiger partial charge in [0, 0.05) is 82.7 Å². The highest BCUT2D eigenvalue weighted by molar-refractivity contribution is 6.33. The van der Waals surface area contributed by atoms with Crippen molar-refractivity contribution in [2.75, 3.05) is 70.1 Å². The van der Waals surface area contributed by atoms with Crippen LogP contribution in [0.3, 0.4) is 0 Å². The van der Waals surface area contributed by atoms with Gasteiger partial charge in [0.05, 0.1) is 22.2 Å². The van der Waals surface area contributed by atoms with Crippen molar-refractivity contribution < 1.29 is 32.3 Å². The molecule has 3 N–H and O–H groups in total. The molecule has 0 bridgehead atoms. The topological polar surface area (TPSA) is 111 Å². The zero-order chi connectivity index (χ0) is 35.6. The summed E-state index contributed by atoms with van der Waals surface area (Å²) in [6, 6.07) is 9.84. The van der Waals surface area contributed by atoms with Crippen LogP contribution in [0.2, 0.25) is 5.02 Å². The number of carbonyl (C=O) groups excluding carboxylic acids is 3. The number of urea groups is 1. The number of nitrogens with zero attached hydrogens (tertiary/aromatic N) is 4. The Kier molecular flexibility index (Phi) is 10.9. The average molecular weight is 719 g/mol. The number of benzene rings is 2. The number of carbonyl (C=O) groups is 3. The molecule has 4 aliphatic rings. The lowest BCUT2D eigenvalue weighted by Crippen LogP contribution is -2.59. The maximum Gasteiger partial charge on any atom is 0.418 e. The summed E-state index contributed by atoms with van der Waals surface area (Å²) < 4.78 is 47.1. The number of piperidine rings is 1. The van der Waals surface area contributed by atoms with E-state index in [9.17, 15) is 27.6 Å². The van der Waals surface area contributed by atoms with Crippen LogP contribution < -0.4 is 11.1 Å². The van der Waals surface area contributed by atoms with Crippen LogP contribution >= 0.6 is 11.6 Å². The highest BCUT2D eigenvalue weighted by Crippen LogP contribution is 2.39. The van der Waals surface area contributed by atoms with E-state index in [0.29, 0.717) is 71.9 Å². The van der Waals surface area contributed by atoms with Gasteiger partial charge in [0.25, 0.3) is 0 Å². The first-order valence-corrected chi connectivity index (χ1v) is 17.9. The Labute approximate surface area is 296 Å². The Hall–Kier alpha value is -3.55. The summed E-state index contributed by atoms with van der Waals surface area (Å²) in [5.41, 5.74) is 6.14. The SMILES string of the molecule is CC1(N2CCN(C(=O)[C@H](CC(=O)N3CCC(N4CCc5ccccc5NC4=O)CC3)Cc3cc(Cl)c(N)c(C(F)(F)F)c3)CC2)CCOCC1. The van der Waals surface area contributed by atoms with Gasteiger partial charge in [0.15, 0.2) is 0 Å². The third-order valence-corrected chi connectivity index (χ3v) is 11.4. The van der Waals surface area contributed by atoms with E-state index in [0.717, 1.165) is 36.6 Å². The highest BCUT2D eigenvalue weighted by Gasteiger charge is 2.39. The molecule has 3 saturated heterocycles. The number of alkyl halides is 3. The standard InChI is InChI=1S/C36H46ClF3N6O4/c1-35(9-18-50-19-10-35)45-16-14-44(15-17-45)33(48)26(20-24-21-28(36(38,39)40)32(41)29(37)22-24)23-31(47)43-11-7-27(8-12-43)46-13-6-25-4-2-3-5-30(25)42-34(46)49/h2-5,21-22,26-27H,6-20,23,41H2,1H3,(H,42,49)/t26-/m0/s1. The summed E-state index contributed by atoms with van der Waals surface area (Å²) in [6.07, 6.45) is -1.26. The lowest BCUT2D eigenvalue weighted by atomic mass is 9.89. The minimum absolute atomic E-state index is 0.0123. The number of hydrogen-bond acceptors (Lipinski definition) is 6. The summed E-state index contributed by atoms with van der Waals surface area (Å²) >= 11 is 6.15. The number of anilines is 2. The number of nitrogen functional groups attached to an aromatic ring is 1. The van der Waals surface area contributed by atoms with Gasteiger partial charge in [-0.05, 0) is 74.8 Å². The first-order valence-electron chi connectivity index (χ1n) is 17.5. The number of para-hydroxylation sites is 1. The normalized spacial score (nSPS) is 21.3. The fraction of sp³-hybridized carbons (Fsp3) is 0.583.